The minimum atomic E-state index is -2.48. The Balaban J connectivity index is 1.97. The molecular formula is C15H19F2N3OS. The summed E-state index contributed by atoms with van der Waals surface area (Å²) in [6.45, 7) is 2.06. The zero-order valence-electron chi connectivity index (χ0n) is 12.2. The molecule has 0 saturated carbocycles. The molecule has 0 spiro atoms. The van der Waals surface area contributed by atoms with Gasteiger partial charge in [-0.1, -0.05) is 18.2 Å². The maximum atomic E-state index is 12.2. The molecule has 2 aromatic rings. The molecule has 1 heterocycles. The van der Waals surface area contributed by atoms with Crippen molar-refractivity contribution in [3.63, 3.8) is 0 Å². The number of rotatable bonds is 6. The van der Waals surface area contributed by atoms with Gasteiger partial charge < -0.3 is 15.7 Å². The third-order valence-corrected chi connectivity index (χ3v) is 4.18. The van der Waals surface area contributed by atoms with E-state index in [4.69, 9.17) is 0 Å². The predicted molar refractivity (Wildman–Crippen MR) is 86.8 cm³/mol. The highest BCUT2D eigenvalue weighted by Crippen LogP contribution is 2.29. The normalized spacial score (nSPS) is 13.6. The summed E-state index contributed by atoms with van der Waals surface area (Å²) < 4.78 is 25.5. The fourth-order valence-electron chi connectivity index (χ4n) is 1.96. The van der Waals surface area contributed by atoms with Crippen LogP contribution >= 0.6 is 11.3 Å². The number of nitrogens with zero attached hydrogens (tertiary/aromatic N) is 1. The Kier molecular flexibility index (Phi) is 6.09. The fraction of sp³-hybridized carbons (Fsp3) is 0.400. The molecule has 1 unspecified atom stereocenters. The second-order valence-electron chi connectivity index (χ2n) is 4.69. The van der Waals surface area contributed by atoms with E-state index in [1.807, 2.05) is 37.3 Å². The number of alkyl halides is 2. The molecule has 7 heteroatoms. The third kappa shape index (κ3) is 4.64. The Morgan fingerprint density at radius 1 is 1.32 bits per heavy atom. The Hall–Kier alpha value is -1.73. The number of aliphatic imine (C=N–C) groups is 1. The number of aliphatic hydroxyl groups excluding tert-OH is 1. The number of aliphatic hydroxyl groups is 1. The van der Waals surface area contributed by atoms with E-state index in [2.05, 4.69) is 15.6 Å². The quantitative estimate of drug-likeness (QED) is 0.565. The molecule has 1 atom stereocenters. The summed E-state index contributed by atoms with van der Waals surface area (Å²) in [5.41, 5.74) is 0. The Morgan fingerprint density at radius 3 is 2.77 bits per heavy atom. The lowest BCUT2D eigenvalue weighted by Gasteiger charge is -2.14. The van der Waals surface area contributed by atoms with Crippen molar-refractivity contribution in [2.24, 2.45) is 4.99 Å². The van der Waals surface area contributed by atoms with Gasteiger partial charge in [-0.15, -0.1) is 11.3 Å². The number of nitrogens with one attached hydrogen (secondary N) is 2. The van der Waals surface area contributed by atoms with Gasteiger partial charge in [-0.25, -0.2) is 13.8 Å². The van der Waals surface area contributed by atoms with Crippen molar-refractivity contribution in [2.45, 2.75) is 19.5 Å². The highest BCUT2D eigenvalue weighted by Gasteiger charge is 2.12. The molecule has 0 radical (unpaired) electrons. The smallest absolute Gasteiger partial charge is 0.257 e. The van der Waals surface area contributed by atoms with E-state index < -0.39 is 19.1 Å². The van der Waals surface area contributed by atoms with Gasteiger partial charge in [0.05, 0.1) is 0 Å². The van der Waals surface area contributed by atoms with E-state index in [1.54, 1.807) is 0 Å². The first-order valence-corrected chi connectivity index (χ1v) is 7.88. The number of thiophene rings is 1. The van der Waals surface area contributed by atoms with Crippen LogP contribution in [0.1, 0.15) is 17.9 Å². The molecule has 0 aliphatic heterocycles. The van der Waals surface area contributed by atoms with E-state index in [9.17, 15) is 13.9 Å². The molecule has 22 heavy (non-hydrogen) atoms. The molecule has 3 N–H and O–H groups in total. The average molecular weight is 327 g/mol. The van der Waals surface area contributed by atoms with Gasteiger partial charge in [-0.05, 0) is 24.4 Å². The van der Waals surface area contributed by atoms with Crippen molar-refractivity contribution in [3.05, 3.63) is 35.2 Å². The van der Waals surface area contributed by atoms with Crippen molar-refractivity contribution in [3.8, 4) is 0 Å². The summed E-state index contributed by atoms with van der Waals surface area (Å²) >= 11 is 1.52. The summed E-state index contributed by atoms with van der Waals surface area (Å²) in [7, 11) is 0. The van der Waals surface area contributed by atoms with Gasteiger partial charge in [0.15, 0.2) is 5.96 Å². The van der Waals surface area contributed by atoms with Crippen LogP contribution in [0.4, 0.5) is 8.78 Å². The van der Waals surface area contributed by atoms with Crippen LogP contribution in [0, 0.1) is 0 Å². The van der Waals surface area contributed by atoms with Gasteiger partial charge in [-0.3, -0.25) is 0 Å². The predicted octanol–water partition coefficient (Wildman–Crippen LogP) is 2.75. The second kappa shape index (κ2) is 8.05. The highest BCUT2D eigenvalue weighted by molar-refractivity contribution is 7.19. The average Bonchev–Trinajstić information content (AvgIpc) is 2.93. The minimum Gasteiger partial charge on any atom is -0.386 e. The molecule has 0 aliphatic carbocycles. The Morgan fingerprint density at radius 2 is 2.09 bits per heavy atom. The summed E-state index contributed by atoms with van der Waals surface area (Å²) in [5.74, 6) is 0.281. The monoisotopic (exact) mass is 327 g/mol. The summed E-state index contributed by atoms with van der Waals surface area (Å²) in [4.78, 5) is 4.59. The first-order chi connectivity index (χ1) is 10.6. The summed E-state index contributed by atoms with van der Waals surface area (Å²) in [6.07, 6.45) is -3.20. The number of benzene rings is 1. The SMILES string of the molecule is CCNC(=NCC(F)F)NCC(O)c1cc2ccccc2s1. The largest absolute Gasteiger partial charge is 0.386 e. The molecule has 0 aliphatic rings. The van der Waals surface area contributed by atoms with Gasteiger partial charge in [0, 0.05) is 22.7 Å². The maximum absolute atomic E-state index is 12.2. The molecule has 2 rings (SSSR count). The zero-order valence-corrected chi connectivity index (χ0v) is 13.0. The Bertz CT molecular complexity index is 597. The van der Waals surface area contributed by atoms with Gasteiger partial charge in [-0.2, -0.15) is 0 Å². The van der Waals surface area contributed by atoms with Crippen molar-refractivity contribution >= 4 is 27.4 Å². The molecule has 0 saturated heterocycles. The van der Waals surface area contributed by atoms with E-state index in [0.717, 1.165) is 15.0 Å². The van der Waals surface area contributed by atoms with Crippen LogP contribution in [0.3, 0.4) is 0 Å². The molecule has 0 bridgehead atoms. The number of guanidine groups is 1. The van der Waals surface area contributed by atoms with Crippen LogP contribution < -0.4 is 10.6 Å². The van der Waals surface area contributed by atoms with Crippen LogP contribution in [-0.2, 0) is 0 Å². The maximum Gasteiger partial charge on any atom is 0.257 e. The van der Waals surface area contributed by atoms with Crippen LogP contribution in [-0.4, -0.2) is 37.1 Å². The van der Waals surface area contributed by atoms with Crippen LogP contribution in [0.2, 0.25) is 0 Å². The van der Waals surface area contributed by atoms with E-state index >= 15 is 0 Å². The second-order valence-corrected chi connectivity index (χ2v) is 5.81. The van der Waals surface area contributed by atoms with Crippen molar-refractivity contribution < 1.29 is 13.9 Å². The summed E-state index contributed by atoms with van der Waals surface area (Å²) in [5, 5.41) is 17.1. The van der Waals surface area contributed by atoms with Gasteiger partial charge in [0.2, 0.25) is 0 Å². The van der Waals surface area contributed by atoms with E-state index in [0.29, 0.717) is 6.54 Å². The van der Waals surface area contributed by atoms with Crippen LogP contribution in [0.15, 0.2) is 35.3 Å². The molecule has 0 fully saturated rings. The first-order valence-electron chi connectivity index (χ1n) is 7.07. The van der Waals surface area contributed by atoms with Gasteiger partial charge >= 0.3 is 0 Å². The number of hydrogen-bond acceptors (Lipinski definition) is 3. The molecule has 0 amide bonds. The van der Waals surface area contributed by atoms with Gasteiger partial charge in [0.1, 0.15) is 12.6 Å². The van der Waals surface area contributed by atoms with Crippen molar-refractivity contribution in [1.29, 1.82) is 0 Å². The fourth-order valence-corrected chi connectivity index (χ4v) is 3.01. The number of fused-ring (bicyclic) bond motifs is 1. The number of halogens is 2. The first kappa shape index (κ1) is 16.6. The molecule has 4 nitrogen and oxygen atoms in total. The standard InChI is InChI=1S/C15H19F2N3OS/c1-2-18-15(20-9-14(16)17)19-8-11(21)13-7-10-5-3-4-6-12(10)22-13/h3-7,11,14,21H,2,8-9H2,1H3,(H2,18,19,20). The lowest BCUT2D eigenvalue weighted by atomic mass is 10.2. The van der Waals surface area contributed by atoms with E-state index in [-0.39, 0.29) is 12.5 Å². The third-order valence-electron chi connectivity index (χ3n) is 2.97. The zero-order chi connectivity index (χ0) is 15.9. The topological polar surface area (TPSA) is 56.7 Å². The highest BCUT2D eigenvalue weighted by atomic mass is 32.1. The molecule has 1 aromatic heterocycles. The molecule has 120 valence electrons. The number of hydrogen-bond donors (Lipinski definition) is 3. The van der Waals surface area contributed by atoms with Gasteiger partial charge in [0.25, 0.3) is 6.43 Å². The van der Waals surface area contributed by atoms with Crippen LogP contribution in [0.25, 0.3) is 10.1 Å². The van der Waals surface area contributed by atoms with Crippen molar-refractivity contribution in [2.75, 3.05) is 19.6 Å². The lowest BCUT2D eigenvalue weighted by molar-refractivity contribution is 0.158. The minimum absolute atomic E-state index is 0.210. The molecule has 1 aromatic carbocycles. The summed E-state index contributed by atoms with van der Waals surface area (Å²) in [6, 6.07) is 9.83. The Labute approximate surface area is 131 Å². The molecular weight excluding hydrogens is 308 g/mol. The van der Waals surface area contributed by atoms with Crippen LogP contribution in [0.5, 0.6) is 0 Å². The van der Waals surface area contributed by atoms with Crippen molar-refractivity contribution in [1.82, 2.24) is 10.6 Å². The van der Waals surface area contributed by atoms with E-state index in [1.165, 1.54) is 11.3 Å². The lowest BCUT2D eigenvalue weighted by Crippen LogP contribution is -2.39.